The Hall–Kier alpha value is -2.02. The molecule has 3 aliphatic rings. The first-order valence-corrected chi connectivity index (χ1v) is 11.9. The first-order chi connectivity index (χ1) is 14.7. The number of nitrogens with zero attached hydrogens (tertiary/aromatic N) is 3. The lowest BCUT2D eigenvalue weighted by Crippen LogP contribution is -2.58. The van der Waals surface area contributed by atoms with Crippen LogP contribution in [0.5, 0.6) is 0 Å². The highest BCUT2D eigenvalue weighted by Gasteiger charge is 2.56. The molecule has 7 heteroatoms. The molecular formula is C24H31BrN4O2. The summed E-state index contributed by atoms with van der Waals surface area (Å²) in [6, 6.07) is 4.17. The summed E-state index contributed by atoms with van der Waals surface area (Å²) in [5.41, 5.74) is 1.93. The lowest BCUT2D eigenvalue weighted by atomic mass is 9.45. The Morgan fingerprint density at radius 1 is 1.32 bits per heavy atom. The molecule has 0 aromatic carbocycles. The molecule has 0 saturated heterocycles. The molecule has 2 aromatic rings. The van der Waals surface area contributed by atoms with Crippen molar-refractivity contribution >= 4 is 27.4 Å². The molecule has 166 valence electrons. The minimum absolute atomic E-state index is 0.0188. The van der Waals surface area contributed by atoms with Crippen LogP contribution in [0.15, 0.2) is 40.0 Å². The second kappa shape index (κ2) is 8.49. The van der Waals surface area contributed by atoms with Crippen LogP contribution in [0.2, 0.25) is 0 Å². The molecule has 0 radical (unpaired) electrons. The number of aromatic nitrogens is 3. The summed E-state index contributed by atoms with van der Waals surface area (Å²) in [6.07, 6.45) is 7.90. The summed E-state index contributed by atoms with van der Waals surface area (Å²) in [5, 5.41) is 7.85. The maximum absolute atomic E-state index is 12.8. The van der Waals surface area contributed by atoms with Crippen LogP contribution < -0.4 is 10.9 Å². The summed E-state index contributed by atoms with van der Waals surface area (Å²) in [6.45, 7) is 9.05. The van der Waals surface area contributed by atoms with Crippen LogP contribution in [-0.2, 0) is 11.3 Å². The molecule has 5 rings (SSSR count). The maximum atomic E-state index is 12.8. The van der Waals surface area contributed by atoms with Crippen molar-refractivity contribution in [1.29, 1.82) is 0 Å². The maximum Gasteiger partial charge on any atom is 0.283 e. The number of ketones is 1. The van der Waals surface area contributed by atoms with Gasteiger partial charge < -0.3 is 5.32 Å². The van der Waals surface area contributed by atoms with E-state index in [2.05, 4.69) is 52.1 Å². The zero-order valence-electron chi connectivity index (χ0n) is 18.6. The standard InChI is InChI=1S/C24H31BrN4O2/c1-14(16-5-7-26-8-6-16)9-18(30)13-29-23(31)22(25)21(12-27-29)28-20-11-17-10-19(15(20)2)24(17,3)4/h5-8,12,14-15,17,19-20,28H,9-11,13H2,1-4H3/t14?,15-,17+,19-,20-/m1/s1. The number of fused-ring (bicyclic) bond motifs is 2. The van der Waals surface area contributed by atoms with Crippen molar-refractivity contribution in [3.8, 4) is 0 Å². The Morgan fingerprint density at radius 2 is 2.03 bits per heavy atom. The Bertz CT molecular complexity index is 1020. The number of hydrogen-bond donors (Lipinski definition) is 1. The number of carbonyl (C=O) groups excluding carboxylic acids is 1. The van der Waals surface area contributed by atoms with E-state index in [1.54, 1.807) is 18.6 Å². The van der Waals surface area contributed by atoms with E-state index in [0.29, 0.717) is 28.3 Å². The van der Waals surface area contributed by atoms with Crippen molar-refractivity contribution < 1.29 is 4.79 Å². The second-order valence-corrected chi connectivity index (χ2v) is 10.8. The van der Waals surface area contributed by atoms with Gasteiger partial charge in [0.25, 0.3) is 5.56 Å². The van der Waals surface area contributed by atoms with Gasteiger partial charge in [-0.1, -0.05) is 27.7 Å². The second-order valence-electron chi connectivity index (χ2n) is 9.97. The molecule has 3 aliphatic carbocycles. The first kappa shape index (κ1) is 22.2. The molecule has 3 saturated carbocycles. The van der Waals surface area contributed by atoms with Crippen LogP contribution in [0.4, 0.5) is 5.69 Å². The largest absolute Gasteiger partial charge is 0.380 e. The van der Waals surface area contributed by atoms with Crippen LogP contribution in [0.25, 0.3) is 0 Å². The smallest absolute Gasteiger partial charge is 0.283 e. The molecule has 2 bridgehead atoms. The third-order valence-corrected chi connectivity index (χ3v) is 8.58. The number of Topliss-reactive ketones (excluding diaryl/α,β-unsaturated/α-hetero) is 1. The molecular weight excluding hydrogens is 456 g/mol. The normalized spacial score (nSPS) is 27.3. The van der Waals surface area contributed by atoms with Gasteiger partial charge in [-0.2, -0.15) is 5.10 Å². The highest BCUT2D eigenvalue weighted by Crippen LogP contribution is 2.61. The number of hydrogen-bond acceptors (Lipinski definition) is 5. The van der Waals surface area contributed by atoms with Gasteiger partial charge in [-0.3, -0.25) is 14.6 Å². The predicted molar refractivity (Wildman–Crippen MR) is 125 cm³/mol. The fourth-order valence-electron chi connectivity index (χ4n) is 5.60. The molecule has 0 amide bonds. The number of pyridine rings is 1. The van der Waals surface area contributed by atoms with Crippen molar-refractivity contribution in [2.75, 3.05) is 5.32 Å². The van der Waals surface area contributed by atoms with Gasteiger partial charge in [-0.25, -0.2) is 4.68 Å². The zero-order chi connectivity index (χ0) is 22.3. The number of anilines is 1. The highest BCUT2D eigenvalue weighted by molar-refractivity contribution is 9.10. The van der Waals surface area contributed by atoms with Gasteiger partial charge in [-0.05, 0) is 75.6 Å². The number of carbonyl (C=O) groups is 1. The Labute approximate surface area is 192 Å². The van der Waals surface area contributed by atoms with Crippen molar-refractivity contribution in [2.24, 2.45) is 23.2 Å². The summed E-state index contributed by atoms with van der Waals surface area (Å²) in [5.74, 6) is 2.05. The Balaban J connectivity index is 1.41. The predicted octanol–water partition coefficient (Wildman–Crippen LogP) is 4.65. The van der Waals surface area contributed by atoms with E-state index in [4.69, 9.17) is 0 Å². The summed E-state index contributed by atoms with van der Waals surface area (Å²) < 4.78 is 1.70. The van der Waals surface area contributed by atoms with Gasteiger partial charge in [0, 0.05) is 24.9 Å². The Kier molecular flexibility index (Phi) is 6.08. The fourth-order valence-corrected chi connectivity index (χ4v) is 6.02. The number of rotatable bonds is 7. The van der Waals surface area contributed by atoms with E-state index < -0.39 is 0 Å². The molecule has 2 aromatic heterocycles. The van der Waals surface area contributed by atoms with E-state index in [0.717, 1.165) is 29.5 Å². The minimum atomic E-state index is -0.274. The van der Waals surface area contributed by atoms with Crippen molar-refractivity contribution in [3.05, 3.63) is 51.1 Å². The molecule has 2 heterocycles. The third kappa shape index (κ3) is 4.21. The van der Waals surface area contributed by atoms with Gasteiger partial charge in [-0.15, -0.1) is 0 Å². The van der Waals surface area contributed by atoms with Crippen LogP contribution in [0.3, 0.4) is 0 Å². The van der Waals surface area contributed by atoms with Crippen LogP contribution in [-0.4, -0.2) is 26.6 Å². The molecule has 1 unspecified atom stereocenters. The number of nitrogens with one attached hydrogen (secondary N) is 1. The SMILES string of the molecule is CC(CC(=O)Cn1ncc(N[C@@H]2C[C@@H]3C[C@H]([C@H]2C)C3(C)C)c(Br)c1=O)c1ccncc1. The Morgan fingerprint density at radius 3 is 2.68 bits per heavy atom. The molecule has 0 spiro atoms. The van der Waals surface area contributed by atoms with Gasteiger partial charge in [0.05, 0.1) is 11.9 Å². The third-order valence-electron chi connectivity index (χ3n) is 7.82. The molecule has 0 aliphatic heterocycles. The van der Waals surface area contributed by atoms with Crippen molar-refractivity contribution in [2.45, 2.75) is 65.5 Å². The van der Waals surface area contributed by atoms with E-state index in [1.807, 2.05) is 19.1 Å². The van der Waals surface area contributed by atoms with Crippen molar-refractivity contribution in [3.63, 3.8) is 0 Å². The summed E-state index contributed by atoms with van der Waals surface area (Å²) in [4.78, 5) is 29.4. The number of halogens is 1. The highest BCUT2D eigenvalue weighted by atomic mass is 79.9. The molecule has 31 heavy (non-hydrogen) atoms. The monoisotopic (exact) mass is 486 g/mol. The quantitative estimate of drug-likeness (QED) is 0.616. The average molecular weight is 487 g/mol. The van der Waals surface area contributed by atoms with Gasteiger partial charge in [0.2, 0.25) is 0 Å². The van der Waals surface area contributed by atoms with E-state index in [-0.39, 0.29) is 23.8 Å². The molecule has 6 nitrogen and oxygen atoms in total. The van der Waals surface area contributed by atoms with E-state index in [1.165, 1.54) is 11.1 Å². The molecule has 3 fully saturated rings. The van der Waals surface area contributed by atoms with Gasteiger partial charge >= 0.3 is 0 Å². The first-order valence-electron chi connectivity index (χ1n) is 11.1. The van der Waals surface area contributed by atoms with Crippen LogP contribution in [0, 0.1) is 23.2 Å². The fraction of sp³-hybridized carbons (Fsp3) is 0.583. The summed E-state index contributed by atoms with van der Waals surface area (Å²) >= 11 is 3.45. The topological polar surface area (TPSA) is 76.9 Å². The van der Waals surface area contributed by atoms with Crippen molar-refractivity contribution in [1.82, 2.24) is 14.8 Å². The average Bonchev–Trinajstić information content (AvgIpc) is 2.74. The lowest BCUT2D eigenvalue weighted by Gasteiger charge is -2.62. The van der Waals surface area contributed by atoms with Gasteiger partial charge in [0.15, 0.2) is 5.78 Å². The van der Waals surface area contributed by atoms with Crippen LogP contribution >= 0.6 is 15.9 Å². The van der Waals surface area contributed by atoms with E-state index in [9.17, 15) is 9.59 Å². The molecule has 5 atom stereocenters. The lowest BCUT2D eigenvalue weighted by molar-refractivity contribution is -0.120. The summed E-state index contributed by atoms with van der Waals surface area (Å²) in [7, 11) is 0. The minimum Gasteiger partial charge on any atom is -0.380 e. The van der Waals surface area contributed by atoms with E-state index >= 15 is 0 Å². The zero-order valence-corrected chi connectivity index (χ0v) is 20.2. The van der Waals surface area contributed by atoms with Gasteiger partial charge in [0.1, 0.15) is 11.0 Å². The van der Waals surface area contributed by atoms with Crippen LogP contribution in [0.1, 0.15) is 58.4 Å². The molecule has 1 N–H and O–H groups in total.